The Hall–Kier alpha value is -1.91. The predicted molar refractivity (Wildman–Crippen MR) is 71.4 cm³/mol. The quantitative estimate of drug-likeness (QED) is 0.858. The summed E-state index contributed by atoms with van der Waals surface area (Å²) in [4.78, 5) is 11.0. The first-order valence-corrected chi connectivity index (χ1v) is 5.88. The molecule has 0 aliphatic rings. The Morgan fingerprint density at radius 1 is 1.11 bits per heavy atom. The average molecular weight is 268 g/mol. The van der Waals surface area contributed by atoms with Gasteiger partial charge in [0.2, 0.25) is 5.75 Å². The van der Waals surface area contributed by atoms with E-state index in [0.717, 1.165) is 5.56 Å². The van der Waals surface area contributed by atoms with E-state index in [1.54, 1.807) is 13.2 Å². The van der Waals surface area contributed by atoms with Gasteiger partial charge in [-0.2, -0.15) is 0 Å². The van der Waals surface area contributed by atoms with Crippen molar-refractivity contribution in [2.24, 2.45) is 0 Å². The van der Waals surface area contributed by atoms with E-state index < -0.39 is 11.4 Å². The molecule has 0 amide bonds. The number of carbonyl (C=O) groups is 1. The van der Waals surface area contributed by atoms with E-state index >= 15 is 0 Å². The van der Waals surface area contributed by atoms with Crippen molar-refractivity contribution in [3.63, 3.8) is 0 Å². The van der Waals surface area contributed by atoms with Gasteiger partial charge in [0.1, 0.15) is 0 Å². The molecule has 0 saturated carbocycles. The number of hydrogen-bond acceptors (Lipinski definition) is 4. The molecule has 0 heterocycles. The van der Waals surface area contributed by atoms with Crippen molar-refractivity contribution in [3.05, 3.63) is 17.7 Å². The molecule has 0 aromatic heterocycles. The van der Waals surface area contributed by atoms with Gasteiger partial charge in [-0.3, -0.25) is 4.79 Å². The van der Waals surface area contributed by atoms with Crippen molar-refractivity contribution in [3.8, 4) is 17.2 Å². The zero-order valence-corrected chi connectivity index (χ0v) is 11.9. The number of rotatable bonds is 6. The molecule has 19 heavy (non-hydrogen) atoms. The number of methoxy groups -OCH3 is 3. The fourth-order valence-electron chi connectivity index (χ4n) is 2.11. The summed E-state index contributed by atoms with van der Waals surface area (Å²) in [6, 6.07) is 3.56. The average Bonchev–Trinajstić information content (AvgIpc) is 2.34. The molecule has 5 nitrogen and oxygen atoms in total. The minimum absolute atomic E-state index is 0.00115. The maximum atomic E-state index is 11.0. The van der Waals surface area contributed by atoms with E-state index in [0.29, 0.717) is 17.2 Å². The minimum Gasteiger partial charge on any atom is -0.493 e. The summed E-state index contributed by atoms with van der Waals surface area (Å²) >= 11 is 0. The molecular weight excluding hydrogens is 248 g/mol. The Balaban J connectivity index is 3.39. The van der Waals surface area contributed by atoms with Crippen molar-refractivity contribution in [1.82, 2.24) is 0 Å². The van der Waals surface area contributed by atoms with Crippen molar-refractivity contribution in [1.29, 1.82) is 0 Å². The lowest BCUT2D eigenvalue weighted by atomic mass is 9.81. The summed E-state index contributed by atoms with van der Waals surface area (Å²) in [6.07, 6.45) is -0.00115. The molecule has 1 aromatic rings. The van der Waals surface area contributed by atoms with Crippen LogP contribution < -0.4 is 14.2 Å². The highest BCUT2D eigenvalue weighted by Crippen LogP contribution is 2.45. The van der Waals surface area contributed by atoms with Gasteiger partial charge in [0, 0.05) is 11.0 Å². The number of carboxylic acid groups (broad SMARTS) is 1. The molecule has 0 fully saturated rings. The van der Waals surface area contributed by atoms with E-state index in [1.165, 1.54) is 14.2 Å². The van der Waals surface area contributed by atoms with Crippen LogP contribution in [0.15, 0.2) is 12.1 Å². The van der Waals surface area contributed by atoms with Gasteiger partial charge in [-0.25, -0.2) is 0 Å². The van der Waals surface area contributed by atoms with Gasteiger partial charge in [-0.15, -0.1) is 0 Å². The van der Waals surface area contributed by atoms with Gasteiger partial charge >= 0.3 is 5.97 Å². The Labute approximate surface area is 113 Å². The first kappa shape index (κ1) is 15.1. The van der Waals surface area contributed by atoms with Crippen LogP contribution in [0.1, 0.15) is 25.8 Å². The van der Waals surface area contributed by atoms with E-state index in [1.807, 2.05) is 19.9 Å². The van der Waals surface area contributed by atoms with Crippen molar-refractivity contribution in [2.75, 3.05) is 21.3 Å². The summed E-state index contributed by atoms with van der Waals surface area (Å²) in [6.45, 7) is 3.70. The van der Waals surface area contributed by atoms with E-state index in [-0.39, 0.29) is 6.42 Å². The molecule has 0 radical (unpaired) electrons. The highest BCUT2D eigenvalue weighted by Gasteiger charge is 2.30. The number of aliphatic carboxylic acids is 1. The molecule has 1 rings (SSSR count). The maximum Gasteiger partial charge on any atom is 0.304 e. The standard InChI is InChI=1S/C14H20O5/c1-14(2,8-11(15)16)9-6-7-10(17-3)13(19-5)12(9)18-4/h6-7H,8H2,1-5H3,(H,15,16). The molecule has 106 valence electrons. The molecule has 0 aliphatic carbocycles. The van der Waals surface area contributed by atoms with E-state index in [2.05, 4.69) is 0 Å². The second kappa shape index (κ2) is 5.82. The molecule has 0 bridgehead atoms. The molecule has 5 heteroatoms. The summed E-state index contributed by atoms with van der Waals surface area (Å²) < 4.78 is 15.9. The monoisotopic (exact) mass is 268 g/mol. The van der Waals surface area contributed by atoms with Crippen molar-refractivity contribution in [2.45, 2.75) is 25.7 Å². The Morgan fingerprint density at radius 3 is 2.11 bits per heavy atom. The topological polar surface area (TPSA) is 65.0 Å². The van der Waals surface area contributed by atoms with Crippen LogP contribution >= 0.6 is 0 Å². The fraction of sp³-hybridized carbons (Fsp3) is 0.500. The highest BCUT2D eigenvalue weighted by molar-refractivity contribution is 5.70. The highest BCUT2D eigenvalue weighted by atomic mass is 16.5. The number of ether oxygens (including phenoxy) is 3. The van der Waals surface area contributed by atoms with Crippen LogP contribution in [0.4, 0.5) is 0 Å². The number of hydrogen-bond donors (Lipinski definition) is 1. The van der Waals surface area contributed by atoms with Crippen molar-refractivity contribution < 1.29 is 24.1 Å². The molecule has 1 aromatic carbocycles. The second-order valence-electron chi connectivity index (χ2n) is 4.84. The molecular formula is C14H20O5. The fourth-order valence-corrected chi connectivity index (χ4v) is 2.11. The zero-order valence-electron chi connectivity index (χ0n) is 11.9. The number of carboxylic acids is 1. The Kier molecular flexibility index (Phi) is 4.64. The van der Waals surface area contributed by atoms with Gasteiger partial charge in [0.25, 0.3) is 0 Å². The molecule has 0 aliphatic heterocycles. The summed E-state index contributed by atoms with van der Waals surface area (Å²) in [5.74, 6) is 0.671. The van der Waals surface area contributed by atoms with Crippen LogP contribution in [0, 0.1) is 0 Å². The SMILES string of the molecule is COc1ccc(C(C)(C)CC(=O)O)c(OC)c1OC. The smallest absolute Gasteiger partial charge is 0.304 e. The van der Waals surface area contributed by atoms with E-state index in [4.69, 9.17) is 19.3 Å². The van der Waals surface area contributed by atoms with Gasteiger partial charge in [-0.05, 0) is 6.07 Å². The van der Waals surface area contributed by atoms with Gasteiger partial charge < -0.3 is 19.3 Å². The summed E-state index contributed by atoms with van der Waals surface area (Å²) in [7, 11) is 4.59. The predicted octanol–water partition coefficient (Wildman–Crippen LogP) is 2.46. The minimum atomic E-state index is -0.859. The third kappa shape index (κ3) is 3.10. The maximum absolute atomic E-state index is 11.0. The van der Waals surface area contributed by atoms with Crippen LogP contribution in [0.25, 0.3) is 0 Å². The van der Waals surface area contributed by atoms with Crippen LogP contribution in [0.3, 0.4) is 0 Å². The molecule has 0 atom stereocenters. The van der Waals surface area contributed by atoms with Crippen LogP contribution in [0.5, 0.6) is 17.2 Å². The molecule has 1 N–H and O–H groups in total. The van der Waals surface area contributed by atoms with Crippen LogP contribution in [0.2, 0.25) is 0 Å². The van der Waals surface area contributed by atoms with E-state index in [9.17, 15) is 4.79 Å². The van der Waals surface area contributed by atoms with Crippen LogP contribution in [-0.2, 0) is 10.2 Å². The summed E-state index contributed by atoms with van der Waals surface area (Å²) in [5, 5.41) is 9.00. The first-order chi connectivity index (χ1) is 8.87. The third-order valence-corrected chi connectivity index (χ3v) is 3.03. The largest absolute Gasteiger partial charge is 0.493 e. The summed E-state index contributed by atoms with van der Waals surface area (Å²) in [5.41, 5.74) is 0.201. The normalized spacial score (nSPS) is 11.0. The molecule has 0 spiro atoms. The Bertz CT molecular complexity index is 465. The number of benzene rings is 1. The lowest BCUT2D eigenvalue weighted by Gasteiger charge is -2.27. The van der Waals surface area contributed by atoms with Gasteiger partial charge in [-0.1, -0.05) is 19.9 Å². The van der Waals surface area contributed by atoms with Crippen LogP contribution in [-0.4, -0.2) is 32.4 Å². The third-order valence-electron chi connectivity index (χ3n) is 3.03. The molecule has 0 unspecified atom stereocenters. The lowest BCUT2D eigenvalue weighted by molar-refractivity contribution is -0.138. The van der Waals surface area contributed by atoms with Gasteiger partial charge in [0.05, 0.1) is 27.8 Å². The lowest BCUT2D eigenvalue weighted by Crippen LogP contribution is -2.22. The molecule has 0 saturated heterocycles. The second-order valence-corrected chi connectivity index (χ2v) is 4.84. The van der Waals surface area contributed by atoms with Crippen molar-refractivity contribution >= 4 is 5.97 Å². The Morgan fingerprint density at radius 2 is 1.68 bits per heavy atom. The zero-order chi connectivity index (χ0) is 14.6. The first-order valence-electron chi connectivity index (χ1n) is 5.88. The van der Waals surface area contributed by atoms with Gasteiger partial charge in [0.15, 0.2) is 11.5 Å².